The average Bonchev–Trinajstić information content (AvgIpc) is 2.52. The zero-order chi connectivity index (χ0) is 16.6. The average molecular weight is 313 g/mol. The van der Waals surface area contributed by atoms with E-state index in [4.69, 9.17) is 4.42 Å². The summed E-state index contributed by atoms with van der Waals surface area (Å²) >= 11 is 0. The Bertz CT molecular complexity index is 953. The van der Waals surface area contributed by atoms with Crippen LogP contribution in [-0.2, 0) is 0 Å². The molecule has 1 heterocycles. The Kier molecular flexibility index (Phi) is 3.38. The topological polar surface area (TPSA) is 120 Å². The Labute approximate surface area is 129 Å². The van der Waals surface area contributed by atoms with Gasteiger partial charge in [0.05, 0.1) is 0 Å². The molecule has 0 saturated heterocycles. The number of benzene rings is 2. The first-order valence-corrected chi connectivity index (χ1v) is 6.54. The van der Waals surface area contributed by atoms with Crippen LogP contribution in [0.2, 0.25) is 0 Å². The molecule has 116 valence electrons. The molecule has 0 aliphatic heterocycles. The summed E-state index contributed by atoms with van der Waals surface area (Å²) in [5.41, 5.74) is 0.320. The minimum Gasteiger partial charge on any atom is -0.504 e. The van der Waals surface area contributed by atoms with Gasteiger partial charge in [0.25, 0.3) is 5.91 Å². The Morgan fingerprint density at radius 2 is 1.65 bits per heavy atom. The van der Waals surface area contributed by atoms with Gasteiger partial charge in [-0.05, 0) is 36.4 Å². The van der Waals surface area contributed by atoms with E-state index in [0.29, 0.717) is 16.7 Å². The van der Waals surface area contributed by atoms with Crippen LogP contribution >= 0.6 is 0 Å². The van der Waals surface area contributed by atoms with Crippen molar-refractivity contribution in [3.05, 3.63) is 58.4 Å². The summed E-state index contributed by atoms with van der Waals surface area (Å²) in [5.74, 6) is -2.49. The van der Waals surface area contributed by atoms with Crippen LogP contribution in [-0.4, -0.2) is 21.2 Å². The van der Waals surface area contributed by atoms with Crippen molar-refractivity contribution in [2.45, 2.75) is 0 Å². The van der Waals surface area contributed by atoms with Gasteiger partial charge in [0.15, 0.2) is 17.2 Å². The van der Waals surface area contributed by atoms with Crippen molar-refractivity contribution < 1.29 is 24.5 Å². The molecule has 7 nitrogen and oxygen atoms in total. The molecule has 0 aliphatic rings. The molecular formula is C16H11NO6. The zero-order valence-corrected chi connectivity index (χ0v) is 11.6. The molecule has 0 aliphatic carbocycles. The maximum absolute atomic E-state index is 12.1. The monoisotopic (exact) mass is 313 g/mol. The van der Waals surface area contributed by atoms with Crippen molar-refractivity contribution in [1.29, 1.82) is 0 Å². The minimum atomic E-state index is -0.692. The number of phenolic OH excluding ortho intramolecular Hbond substituents is 3. The maximum atomic E-state index is 12.1. The van der Waals surface area contributed by atoms with Gasteiger partial charge < -0.3 is 25.1 Å². The lowest BCUT2D eigenvalue weighted by Gasteiger charge is -2.08. The Hall–Kier alpha value is -3.48. The molecule has 0 fully saturated rings. The van der Waals surface area contributed by atoms with Gasteiger partial charge in [-0.3, -0.25) is 4.79 Å². The fourth-order valence-electron chi connectivity index (χ4n) is 2.09. The van der Waals surface area contributed by atoms with Gasteiger partial charge >= 0.3 is 5.63 Å². The normalized spacial score (nSPS) is 10.6. The lowest BCUT2D eigenvalue weighted by Crippen LogP contribution is -2.11. The van der Waals surface area contributed by atoms with Crippen LogP contribution in [0.3, 0.4) is 0 Å². The molecule has 0 unspecified atom stereocenters. The molecule has 3 rings (SSSR count). The van der Waals surface area contributed by atoms with Crippen LogP contribution in [0, 0.1) is 0 Å². The standard InChI is InChI=1S/C16H11NO6/c18-11-6-9(7-12(19)15(11)21)16(22)17-10-2-3-13-8(5-10)1-4-14(20)23-13/h1-7,18-19,21H,(H,17,22). The molecule has 0 saturated carbocycles. The smallest absolute Gasteiger partial charge is 0.336 e. The van der Waals surface area contributed by atoms with E-state index >= 15 is 0 Å². The SMILES string of the molecule is O=C(Nc1ccc2oc(=O)ccc2c1)c1cc(O)c(O)c(O)c1. The third-order valence-corrected chi connectivity index (χ3v) is 3.21. The highest BCUT2D eigenvalue weighted by atomic mass is 16.4. The predicted octanol–water partition coefficient (Wildman–Crippen LogP) is 2.16. The van der Waals surface area contributed by atoms with E-state index in [1.807, 2.05) is 0 Å². The summed E-state index contributed by atoms with van der Waals surface area (Å²) in [4.78, 5) is 23.2. The van der Waals surface area contributed by atoms with E-state index in [0.717, 1.165) is 12.1 Å². The molecule has 2 aromatic carbocycles. The Morgan fingerprint density at radius 3 is 2.35 bits per heavy atom. The zero-order valence-electron chi connectivity index (χ0n) is 11.6. The fourth-order valence-corrected chi connectivity index (χ4v) is 2.09. The number of hydrogen-bond acceptors (Lipinski definition) is 6. The number of carbonyl (C=O) groups excluding carboxylic acids is 1. The number of amides is 1. The maximum Gasteiger partial charge on any atom is 0.336 e. The number of nitrogens with one attached hydrogen (secondary N) is 1. The van der Waals surface area contributed by atoms with E-state index in [2.05, 4.69) is 5.32 Å². The van der Waals surface area contributed by atoms with Crippen LogP contribution in [0.1, 0.15) is 10.4 Å². The molecule has 7 heteroatoms. The second-order valence-corrected chi connectivity index (χ2v) is 4.82. The molecule has 3 aromatic rings. The summed E-state index contributed by atoms with van der Waals surface area (Å²) in [6.45, 7) is 0. The van der Waals surface area contributed by atoms with Gasteiger partial charge in [0, 0.05) is 22.7 Å². The number of phenols is 3. The van der Waals surface area contributed by atoms with Gasteiger partial charge in [0.1, 0.15) is 5.58 Å². The third kappa shape index (κ3) is 2.80. The van der Waals surface area contributed by atoms with Gasteiger partial charge in [-0.2, -0.15) is 0 Å². The number of hydrogen-bond donors (Lipinski definition) is 4. The second-order valence-electron chi connectivity index (χ2n) is 4.82. The van der Waals surface area contributed by atoms with Gasteiger partial charge in [-0.1, -0.05) is 0 Å². The van der Waals surface area contributed by atoms with Gasteiger partial charge in [-0.25, -0.2) is 4.79 Å². The first kappa shape index (κ1) is 14.5. The van der Waals surface area contributed by atoms with Gasteiger partial charge in [-0.15, -0.1) is 0 Å². The highest BCUT2D eigenvalue weighted by molar-refractivity contribution is 6.05. The van der Waals surface area contributed by atoms with E-state index < -0.39 is 28.8 Å². The molecule has 0 bridgehead atoms. The minimum absolute atomic E-state index is 0.0301. The summed E-state index contributed by atoms with van der Waals surface area (Å²) in [6.07, 6.45) is 0. The quantitative estimate of drug-likeness (QED) is 0.425. The molecule has 1 amide bonds. The van der Waals surface area contributed by atoms with E-state index in [1.165, 1.54) is 12.1 Å². The molecular weight excluding hydrogens is 302 g/mol. The second kappa shape index (κ2) is 5.38. The van der Waals surface area contributed by atoms with E-state index in [1.54, 1.807) is 18.2 Å². The molecule has 0 spiro atoms. The molecule has 23 heavy (non-hydrogen) atoms. The van der Waals surface area contributed by atoms with Crippen LogP contribution in [0.4, 0.5) is 5.69 Å². The molecule has 0 radical (unpaired) electrons. The van der Waals surface area contributed by atoms with Crippen LogP contribution in [0.15, 0.2) is 51.7 Å². The molecule has 0 atom stereocenters. The van der Waals surface area contributed by atoms with Crippen molar-refractivity contribution in [1.82, 2.24) is 0 Å². The van der Waals surface area contributed by atoms with E-state index in [9.17, 15) is 24.9 Å². The van der Waals surface area contributed by atoms with Crippen LogP contribution in [0.5, 0.6) is 17.2 Å². The largest absolute Gasteiger partial charge is 0.504 e. The van der Waals surface area contributed by atoms with E-state index in [-0.39, 0.29) is 5.56 Å². The lowest BCUT2D eigenvalue weighted by atomic mass is 10.1. The number of fused-ring (bicyclic) bond motifs is 1. The summed E-state index contributed by atoms with van der Waals surface area (Å²) in [7, 11) is 0. The first-order chi connectivity index (χ1) is 10.9. The number of rotatable bonds is 2. The highest BCUT2D eigenvalue weighted by Gasteiger charge is 2.14. The summed E-state index contributed by atoms with van der Waals surface area (Å²) < 4.78 is 4.99. The Balaban J connectivity index is 1.91. The van der Waals surface area contributed by atoms with Crippen molar-refractivity contribution >= 4 is 22.6 Å². The van der Waals surface area contributed by atoms with Crippen molar-refractivity contribution in [3.8, 4) is 17.2 Å². The summed E-state index contributed by atoms with van der Waals surface area (Å²) in [6, 6.07) is 9.59. The Morgan fingerprint density at radius 1 is 0.957 bits per heavy atom. The van der Waals surface area contributed by atoms with Crippen LogP contribution in [0.25, 0.3) is 11.0 Å². The predicted molar refractivity (Wildman–Crippen MR) is 81.9 cm³/mol. The highest BCUT2D eigenvalue weighted by Crippen LogP contribution is 2.35. The summed E-state index contributed by atoms with van der Waals surface area (Å²) in [5, 5.41) is 31.3. The van der Waals surface area contributed by atoms with Crippen molar-refractivity contribution in [2.24, 2.45) is 0 Å². The molecule has 4 N–H and O–H groups in total. The van der Waals surface area contributed by atoms with Crippen LogP contribution < -0.4 is 10.9 Å². The lowest BCUT2D eigenvalue weighted by molar-refractivity contribution is 0.102. The fraction of sp³-hybridized carbons (Fsp3) is 0. The number of carbonyl (C=O) groups is 1. The number of aromatic hydroxyl groups is 3. The van der Waals surface area contributed by atoms with Gasteiger partial charge in [0.2, 0.25) is 0 Å². The van der Waals surface area contributed by atoms with Crippen molar-refractivity contribution in [2.75, 3.05) is 5.32 Å². The number of anilines is 1. The first-order valence-electron chi connectivity index (χ1n) is 6.54. The van der Waals surface area contributed by atoms with Crippen molar-refractivity contribution in [3.63, 3.8) is 0 Å². The molecule has 1 aromatic heterocycles. The third-order valence-electron chi connectivity index (χ3n) is 3.21.